The van der Waals surface area contributed by atoms with Gasteiger partial charge in [-0.1, -0.05) is 20.3 Å². The van der Waals surface area contributed by atoms with Gasteiger partial charge in [0, 0.05) is 6.04 Å². The Labute approximate surface area is 96.2 Å². The SMILES string of the molecule is CCCC(CC)NC(=O)c1coc(CN)c1. The maximum absolute atomic E-state index is 11.8. The smallest absolute Gasteiger partial charge is 0.254 e. The van der Waals surface area contributed by atoms with Gasteiger partial charge in [0.15, 0.2) is 0 Å². The van der Waals surface area contributed by atoms with Crippen LogP contribution in [0.2, 0.25) is 0 Å². The van der Waals surface area contributed by atoms with Crippen molar-refractivity contribution in [1.29, 1.82) is 0 Å². The first kappa shape index (κ1) is 12.8. The molecule has 0 saturated carbocycles. The van der Waals surface area contributed by atoms with Crippen LogP contribution in [0.15, 0.2) is 16.7 Å². The van der Waals surface area contributed by atoms with Crippen molar-refractivity contribution in [3.05, 3.63) is 23.7 Å². The van der Waals surface area contributed by atoms with E-state index in [4.69, 9.17) is 10.2 Å². The summed E-state index contributed by atoms with van der Waals surface area (Å²) in [7, 11) is 0. The molecule has 0 saturated heterocycles. The van der Waals surface area contributed by atoms with Crippen molar-refractivity contribution in [3.63, 3.8) is 0 Å². The Hall–Kier alpha value is -1.29. The minimum absolute atomic E-state index is 0.0799. The standard InChI is InChI=1S/C12H20N2O2/c1-3-5-10(4-2)14-12(15)9-6-11(7-13)16-8-9/h6,8,10H,3-5,7,13H2,1-2H3,(H,14,15). The molecule has 90 valence electrons. The molecule has 0 bridgehead atoms. The molecular weight excluding hydrogens is 204 g/mol. The first-order valence-corrected chi connectivity index (χ1v) is 5.79. The third-order valence-corrected chi connectivity index (χ3v) is 2.58. The van der Waals surface area contributed by atoms with Crippen molar-refractivity contribution in [2.24, 2.45) is 5.73 Å². The molecule has 16 heavy (non-hydrogen) atoms. The zero-order valence-electron chi connectivity index (χ0n) is 9.95. The van der Waals surface area contributed by atoms with Gasteiger partial charge in [-0.3, -0.25) is 4.79 Å². The molecule has 1 heterocycles. The molecular formula is C12H20N2O2. The normalized spacial score (nSPS) is 12.4. The topological polar surface area (TPSA) is 68.3 Å². The van der Waals surface area contributed by atoms with Crippen LogP contribution in [0, 0.1) is 0 Å². The first-order chi connectivity index (χ1) is 7.71. The van der Waals surface area contributed by atoms with E-state index in [-0.39, 0.29) is 11.9 Å². The summed E-state index contributed by atoms with van der Waals surface area (Å²) in [5.41, 5.74) is 5.96. The molecule has 0 aliphatic rings. The van der Waals surface area contributed by atoms with E-state index in [2.05, 4.69) is 19.2 Å². The van der Waals surface area contributed by atoms with Crippen molar-refractivity contribution < 1.29 is 9.21 Å². The van der Waals surface area contributed by atoms with Gasteiger partial charge in [0.2, 0.25) is 0 Å². The van der Waals surface area contributed by atoms with Gasteiger partial charge in [-0.2, -0.15) is 0 Å². The Morgan fingerprint density at radius 2 is 2.31 bits per heavy atom. The number of hydrogen-bond donors (Lipinski definition) is 2. The van der Waals surface area contributed by atoms with E-state index in [1.807, 2.05) is 0 Å². The quantitative estimate of drug-likeness (QED) is 0.777. The van der Waals surface area contributed by atoms with Crippen molar-refractivity contribution in [2.45, 2.75) is 45.7 Å². The van der Waals surface area contributed by atoms with Crippen molar-refractivity contribution in [3.8, 4) is 0 Å². The minimum atomic E-state index is -0.0799. The summed E-state index contributed by atoms with van der Waals surface area (Å²) in [4.78, 5) is 11.8. The van der Waals surface area contributed by atoms with Gasteiger partial charge in [0.1, 0.15) is 12.0 Å². The third-order valence-electron chi connectivity index (χ3n) is 2.58. The van der Waals surface area contributed by atoms with Gasteiger partial charge in [-0.05, 0) is 18.9 Å². The van der Waals surface area contributed by atoms with Gasteiger partial charge >= 0.3 is 0 Å². The zero-order valence-corrected chi connectivity index (χ0v) is 9.95. The summed E-state index contributed by atoms with van der Waals surface area (Å²) in [6.07, 6.45) is 4.47. The van der Waals surface area contributed by atoms with Gasteiger partial charge in [0.05, 0.1) is 12.1 Å². The van der Waals surface area contributed by atoms with E-state index in [0.29, 0.717) is 17.9 Å². The van der Waals surface area contributed by atoms with E-state index in [1.54, 1.807) is 6.07 Å². The highest BCUT2D eigenvalue weighted by molar-refractivity contribution is 5.94. The number of rotatable bonds is 6. The van der Waals surface area contributed by atoms with Crippen molar-refractivity contribution in [1.82, 2.24) is 5.32 Å². The van der Waals surface area contributed by atoms with E-state index in [1.165, 1.54) is 6.26 Å². The summed E-state index contributed by atoms with van der Waals surface area (Å²) in [6, 6.07) is 1.93. The van der Waals surface area contributed by atoms with Gasteiger partial charge in [-0.15, -0.1) is 0 Å². The van der Waals surface area contributed by atoms with Crippen LogP contribution in [0.5, 0.6) is 0 Å². The number of hydrogen-bond acceptors (Lipinski definition) is 3. The highest BCUT2D eigenvalue weighted by atomic mass is 16.3. The Morgan fingerprint density at radius 3 is 2.81 bits per heavy atom. The number of furan rings is 1. The molecule has 0 fully saturated rings. The van der Waals surface area contributed by atoms with Crippen LogP contribution >= 0.6 is 0 Å². The maximum Gasteiger partial charge on any atom is 0.254 e. The van der Waals surface area contributed by atoms with E-state index in [0.717, 1.165) is 19.3 Å². The van der Waals surface area contributed by atoms with E-state index >= 15 is 0 Å². The average molecular weight is 224 g/mol. The van der Waals surface area contributed by atoms with Crippen molar-refractivity contribution >= 4 is 5.91 Å². The molecule has 1 rings (SSSR count). The lowest BCUT2D eigenvalue weighted by Gasteiger charge is -2.14. The van der Waals surface area contributed by atoms with Crippen molar-refractivity contribution in [2.75, 3.05) is 0 Å². The molecule has 1 amide bonds. The van der Waals surface area contributed by atoms with E-state index in [9.17, 15) is 4.79 Å². The second-order valence-corrected chi connectivity index (χ2v) is 3.87. The molecule has 0 aromatic carbocycles. The number of nitrogens with two attached hydrogens (primary N) is 1. The van der Waals surface area contributed by atoms with Gasteiger partial charge < -0.3 is 15.5 Å². The van der Waals surface area contributed by atoms with Crippen LogP contribution < -0.4 is 11.1 Å². The van der Waals surface area contributed by atoms with Crippen LogP contribution in [-0.2, 0) is 6.54 Å². The highest BCUT2D eigenvalue weighted by Gasteiger charge is 2.13. The molecule has 1 aromatic heterocycles. The predicted molar refractivity (Wildman–Crippen MR) is 63.1 cm³/mol. The van der Waals surface area contributed by atoms with Crippen LogP contribution in [0.4, 0.5) is 0 Å². The number of carbonyl (C=O) groups excluding carboxylic acids is 1. The molecule has 1 aromatic rings. The summed E-state index contributed by atoms with van der Waals surface area (Å²) < 4.78 is 5.12. The summed E-state index contributed by atoms with van der Waals surface area (Å²) in [5.74, 6) is 0.553. The fourth-order valence-corrected chi connectivity index (χ4v) is 1.60. The van der Waals surface area contributed by atoms with Crippen LogP contribution in [0.1, 0.15) is 49.2 Å². The molecule has 0 aliphatic heterocycles. The van der Waals surface area contributed by atoms with Crippen LogP contribution in [0.25, 0.3) is 0 Å². The minimum Gasteiger partial charge on any atom is -0.467 e. The average Bonchev–Trinajstić information content (AvgIpc) is 2.76. The Kier molecular flexibility index (Phi) is 5.05. The second kappa shape index (κ2) is 6.33. The maximum atomic E-state index is 11.8. The number of carbonyl (C=O) groups is 1. The molecule has 1 atom stereocenters. The third kappa shape index (κ3) is 3.38. The largest absolute Gasteiger partial charge is 0.467 e. The molecule has 4 nitrogen and oxygen atoms in total. The summed E-state index contributed by atoms with van der Waals surface area (Å²) in [5, 5.41) is 2.98. The van der Waals surface area contributed by atoms with Gasteiger partial charge in [0.25, 0.3) is 5.91 Å². The molecule has 0 radical (unpaired) electrons. The number of nitrogens with one attached hydrogen (secondary N) is 1. The van der Waals surface area contributed by atoms with Gasteiger partial charge in [-0.25, -0.2) is 0 Å². The lowest BCUT2D eigenvalue weighted by atomic mass is 10.1. The Balaban J connectivity index is 2.56. The lowest BCUT2D eigenvalue weighted by molar-refractivity contribution is 0.0933. The Morgan fingerprint density at radius 1 is 1.56 bits per heavy atom. The predicted octanol–water partition coefficient (Wildman–Crippen LogP) is 2.05. The van der Waals surface area contributed by atoms with Crippen LogP contribution in [-0.4, -0.2) is 11.9 Å². The van der Waals surface area contributed by atoms with Crippen LogP contribution in [0.3, 0.4) is 0 Å². The molecule has 0 spiro atoms. The summed E-state index contributed by atoms with van der Waals surface area (Å²) in [6.45, 7) is 4.50. The van der Waals surface area contributed by atoms with E-state index < -0.39 is 0 Å². The Bertz CT molecular complexity index is 334. The second-order valence-electron chi connectivity index (χ2n) is 3.87. The first-order valence-electron chi connectivity index (χ1n) is 5.79. The number of amides is 1. The summed E-state index contributed by atoms with van der Waals surface area (Å²) >= 11 is 0. The molecule has 3 N–H and O–H groups in total. The molecule has 4 heteroatoms. The molecule has 1 unspecified atom stereocenters. The fourth-order valence-electron chi connectivity index (χ4n) is 1.60. The monoisotopic (exact) mass is 224 g/mol. The molecule has 0 aliphatic carbocycles. The zero-order chi connectivity index (χ0) is 12.0. The lowest BCUT2D eigenvalue weighted by Crippen LogP contribution is -2.33. The fraction of sp³-hybridized carbons (Fsp3) is 0.583. The highest BCUT2D eigenvalue weighted by Crippen LogP contribution is 2.08.